The van der Waals surface area contributed by atoms with Crippen LogP contribution in [0, 0.1) is 18.3 Å². The van der Waals surface area contributed by atoms with Gasteiger partial charge in [0, 0.05) is 16.9 Å². The smallest absolute Gasteiger partial charge is 0.339 e. The second-order valence-corrected chi connectivity index (χ2v) is 5.70. The normalized spacial score (nSPS) is 10.6. The quantitative estimate of drug-likeness (QED) is 0.474. The molecule has 0 aliphatic carbocycles. The van der Waals surface area contributed by atoms with E-state index in [0.717, 1.165) is 5.56 Å². The van der Waals surface area contributed by atoms with Gasteiger partial charge >= 0.3 is 5.97 Å². The zero-order valence-corrected chi connectivity index (χ0v) is 14.9. The third-order valence-electron chi connectivity index (χ3n) is 3.52. The largest absolute Gasteiger partial charge is 0.465 e. The van der Waals surface area contributed by atoms with E-state index in [-0.39, 0.29) is 16.8 Å². The van der Waals surface area contributed by atoms with Gasteiger partial charge < -0.3 is 15.4 Å². The minimum atomic E-state index is -0.656. The highest BCUT2D eigenvalue weighted by Gasteiger charge is 2.15. The lowest BCUT2D eigenvalue weighted by molar-refractivity contribution is -0.112. The molecule has 6 nitrogen and oxygen atoms in total. The van der Waals surface area contributed by atoms with Gasteiger partial charge in [0.25, 0.3) is 5.91 Å². The van der Waals surface area contributed by atoms with Crippen molar-refractivity contribution < 1.29 is 14.3 Å². The Labute approximate surface area is 156 Å². The molecule has 0 bridgehead atoms. The number of carbonyl (C=O) groups excluding carboxylic acids is 2. The number of methoxy groups -OCH3 is 1. The average Bonchev–Trinajstić information content (AvgIpc) is 2.64. The molecular weight excluding hydrogens is 354 g/mol. The zero-order chi connectivity index (χ0) is 19.1. The van der Waals surface area contributed by atoms with Gasteiger partial charge in [-0.2, -0.15) is 5.26 Å². The highest BCUT2D eigenvalue weighted by Crippen LogP contribution is 2.21. The molecule has 132 valence electrons. The predicted octanol–water partition coefficient (Wildman–Crippen LogP) is 3.89. The van der Waals surface area contributed by atoms with Crippen molar-refractivity contribution in [2.75, 3.05) is 17.7 Å². The van der Waals surface area contributed by atoms with Crippen LogP contribution in [0.4, 0.5) is 11.4 Å². The van der Waals surface area contributed by atoms with Crippen molar-refractivity contribution in [3.8, 4) is 6.07 Å². The Morgan fingerprint density at radius 2 is 1.92 bits per heavy atom. The van der Waals surface area contributed by atoms with Crippen LogP contribution in [-0.2, 0) is 9.53 Å². The van der Waals surface area contributed by atoms with Gasteiger partial charge in [-0.1, -0.05) is 29.8 Å². The number of nitriles is 1. The molecule has 0 aromatic heterocycles. The summed E-state index contributed by atoms with van der Waals surface area (Å²) in [6.45, 7) is 1.87. The highest BCUT2D eigenvalue weighted by molar-refractivity contribution is 6.30. The second kappa shape index (κ2) is 8.70. The Kier molecular flexibility index (Phi) is 6.36. The SMILES string of the molecule is COC(=O)c1ccccc1NC(=O)/C(C#N)=C\Nc1cc(Cl)ccc1C. The van der Waals surface area contributed by atoms with Gasteiger partial charge in [-0.05, 0) is 36.8 Å². The van der Waals surface area contributed by atoms with Crippen LogP contribution in [-0.4, -0.2) is 19.0 Å². The fourth-order valence-corrected chi connectivity index (χ4v) is 2.29. The van der Waals surface area contributed by atoms with Gasteiger partial charge in [0.1, 0.15) is 11.6 Å². The Morgan fingerprint density at radius 3 is 2.62 bits per heavy atom. The molecule has 2 aromatic carbocycles. The van der Waals surface area contributed by atoms with Gasteiger partial charge in [0.15, 0.2) is 0 Å². The standard InChI is InChI=1S/C19H16ClN3O3/c1-12-7-8-14(20)9-17(12)22-11-13(10-21)18(24)23-16-6-4-3-5-15(16)19(25)26-2/h3-9,11,22H,1-2H3,(H,23,24)/b13-11-. The van der Waals surface area contributed by atoms with E-state index in [1.54, 1.807) is 30.3 Å². The van der Waals surface area contributed by atoms with Gasteiger partial charge in [0.2, 0.25) is 0 Å². The monoisotopic (exact) mass is 369 g/mol. The molecule has 26 heavy (non-hydrogen) atoms. The van der Waals surface area contributed by atoms with E-state index in [2.05, 4.69) is 15.4 Å². The number of hydrogen-bond donors (Lipinski definition) is 2. The maximum atomic E-state index is 12.4. The first-order chi connectivity index (χ1) is 12.5. The minimum absolute atomic E-state index is 0.163. The number of benzene rings is 2. The lowest BCUT2D eigenvalue weighted by Gasteiger charge is -2.10. The number of nitrogens with one attached hydrogen (secondary N) is 2. The first-order valence-electron chi connectivity index (χ1n) is 7.58. The van der Waals surface area contributed by atoms with Crippen molar-refractivity contribution >= 4 is 34.9 Å². The lowest BCUT2D eigenvalue weighted by atomic mass is 10.1. The van der Waals surface area contributed by atoms with Crippen LogP contribution >= 0.6 is 11.6 Å². The molecule has 2 rings (SSSR count). The van der Waals surface area contributed by atoms with Crippen LogP contribution in [0.25, 0.3) is 0 Å². The Balaban J connectivity index is 2.21. The summed E-state index contributed by atoms with van der Waals surface area (Å²) in [6, 6.07) is 13.4. The third-order valence-corrected chi connectivity index (χ3v) is 3.75. The summed E-state index contributed by atoms with van der Waals surface area (Å²) in [5.74, 6) is -1.24. The minimum Gasteiger partial charge on any atom is -0.465 e. The van der Waals surface area contributed by atoms with Gasteiger partial charge in [0.05, 0.1) is 18.4 Å². The fraction of sp³-hybridized carbons (Fsp3) is 0.105. The molecule has 7 heteroatoms. The molecule has 0 atom stereocenters. The summed E-state index contributed by atoms with van der Waals surface area (Å²) < 4.78 is 4.68. The summed E-state index contributed by atoms with van der Waals surface area (Å²) in [5, 5.41) is 15.2. The number of carbonyl (C=O) groups is 2. The topological polar surface area (TPSA) is 91.2 Å². The number of hydrogen-bond acceptors (Lipinski definition) is 5. The predicted molar refractivity (Wildman–Crippen MR) is 99.9 cm³/mol. The van der Waals surface area contributed by atoms with Crippen LogP contribution in [0.5, 0.6) is 0 Å². The van der Waals surface area contributed by atoms with Crippen LogP contribution < -0.4 is 10.6 Å². The van der Waals surface area contributed by atoms with Crippen LogP contribution in [0.15, 0.2) is 54.2 Å². The third kappa shape index (κ3) is 4.62. The molecule has 2 aromatic rings. The number of anilines is 2. The molecule has 0 spiro atoms. The first-order valence-corrected chi connectivity index (χ1v) is 7.95. The summed E-state index contributed by atoms with van der Waals surface area (Å²) in [4.78, 5) is 24.1. The molecule has 0 unspecified atom stereocenters. The van der Waals surface area contributed by atoms with E-state index < -0.39 is 11.9 Å². The molecule has 0 saturated carbocycles. The van der Waals surface area contributed by atoms with Crippen LogP contribution in [0.3, 0.4) is 0 Å². The van der Waals surface area contributed by atoms with Crippen molar-refractivity contribution in [3.63, 3.8) is 0 Å². The van der Waals surface area contributed by atoms with Crippen molar-refractivity contribution in [2.45, 2.75) is 6.92 Å². The van der Waals surface area contributed by atoms with Crippen molar-refractivity contribution in [3.05, 3.63) is 70.4 Å². The molecule has 0 heterocycles. The molecule has 0 radical (unpaired) electrons. The van der Waals surface area contributed by atoms with E-state index in [1.807, 2.05) is 19.1 Å². The Morgan fingerprint density at radius 1 is 1.19 bits per heavy atom. The number of ether oxygens (including phenoxy) is 1. The van der Waals surface area contributed by atoms with Crippen LogP contribution in [0.2, 0.25) is 5.02 Å². The maximum absolute atomic E-state index is 12.4. The van der Waals surface area contributed by atoms with Gasteiger partial charge in [-0.15, -0.1) is 0 Å². The van der Waals surface area contributed by atoms with Crippen molar-refractivity contribution in [1.82, 2.24) is 0 Å². The Bertz CT molecular complexity index is 916. The number of para-hydroxylation sites is 1. The van der Waals surface area contributed by atoms with E-state index in [4.69, 9.17) is 11.6 Å². The maximum Gasteiger partial charge on any atom is 0.339 e. The Hall–Kier alpha value is -3.30. The molecule has 0 aliphatic rings. The average molecular weight is 370 g/mol. The number of amides is 1. The van der Waals surface area contributed by atoms with E-state index >= 15 is 0 Å². The number of halogens is 1. The van der Waals surface area contributed by atoms with E-state index in [0.29, 0.717) is 10.7 Å². The number of nitrogens with zero attached hydrogens (tertiary/aromatic N) is 1. The summed E-state index contributed by atoms with van der Waals surface area (Å²) in [5.41, 5.74) is 1.86. The number of esters is 1. The highest BCUT2D eigenvalue weighted by atomic mass is 35.5. The first kappa shape index (κ1) is 19.0. The van der Waals surface area contributed by atoms with Crippen LogP contribution in [0.1, 0.15) is 15.9 Å². The lowest BCUT2D eigenvalue weighted by Crippen LogP contribution is -2.17. The molecule has 2 N–H and O–H groups in total. The summed E-state index contributed by atoms with van der Waals surface area (Å²) in [7, 11) is 1.25. The summed E-state index contributed by atoms with van der Waals surface area (Å²) >= 11 is 5.95. The van der Waals surface area contributed by atoms with E-state index in [9.17, 15) is 14.9 Å². The van der Waals surface area contributed by atoms with Gasteiger partial charge in [-0.25, -0.2) is 4.79 Å². The zero-order valence-electron chi connectivity index (χ0n) is 14.2. The van der Waals surface area contributed by atoms with Crippen molar-refractivity contribution in [2.24, 2.45) is 0 Å². The second-order valence-electron chi connectivity index (χ2n) is 5.26. The van der Waals surface area contributed by atoms with Crippen molar-refractivity contribution in [1.29, 1.82) is 5.26 Å². The molecule has 0 fully saturated rings. The van der Waals surface area contributed by atoms with Gasteiger partial charge in [-0.3, -0.25) is 4.79 Å². The number of aryl methyl sites for hydroxylation is 1. The summed E-state index contributed by atoms with van der Waals surface area (Å²) in [6.07, 6.45) is 1.29. The van der Waals surface area contributed by atoms with E-state index in [1.165, 1.54) is 19.4 Å². The molecule has 0 aliphatic heterocycles. The molecule has 0 saturated heterocycles. The fourth-order valence-electron chi connectivity index (χ4n) is 2.12. The molecular formula is C19H16ClN3O3. The number of rotatable bonds is 5. The molecule has 1 amide bonds.